The molecular weight excluding hydrogens is 264 g/mol. The number of benzene rings is 2. The number of nitrogens with two attached hydrogens (primary N) is 1. The van der Waals surface area contributed by atoms with Crippen molar-refractivity contribution in [1.82, 2.24) is 0 Å². The molecule has 2 aromatic carbocycles. The molecule has 0 heterocycles. The van der Waals surface area contributed by atoms with E-state index in [1.54, 1.807) is 0 Å². The minimum absolute atomic E-state index is 0.446. The fraction of sp³-hybridized carbons (Fsp3) is 0.235. The molecule has 0 radical (unpaired) electrons. The van der Waals surface area contributed by atoms with Gasteiger partial charge in [0.25, 0.3) is 0 Å². The van der Waals surface area contributed by atoms with E-state index in [1.165, 1.54) is 16.8 Å². The largest absolute Gasteiger partial charge is 0.389 e. The smallest absolute Gasteiger partial charge is 0.103 e. The summed E-state index contributed by atoms with van der Waals surface area (Å²) >= 11 is 5.02. The van der Waals surface area contributed by atoms with E-state index in [2.05, 4.69) is 55.3 Å². The topological polar surface area (TPSA) is 29.3 Å². The second-order valence-electron chi connectivity index (χ2n) is 4.94. The van der Waals surface area contributed by atoms with Crippen LogP contribution in [0.4, 0.5) is 5.69 Å². The number of thiocarbonyl (C=S) groups is 1. The lowest BCUT2D eigenvalue weighted by molar-refractivity contribution is 0.921. The highest BCUT2D eigenvalue weighted by Gasteiger charge is 2.04. The standard InChI is InChI=1S/C17H20N2S/c1-3-13-7-9-16(10-8-13)19(2)12-14-5-4-6-15(11-14)17(18)20/h4-11H,3,12H2,1-2H3,(H2,18,20). The molecule has 0 aliphatic heterocycles. The first-order chi connectivity index (χ1) is 9.60. The summed E-state index contributed by atoms with van der Waals surface area (Å²) in [5.41, 5.74) is 10.4. The van der Waals surface area contributed by atoms with E-state index >= 15 is 0 Å². The normalized spacial score (nSPS) is 10.3. The zero-order valence-corrected chi connectivity index (χ0v) is 12.8. The molecule has 0 aromatic heterocycles. The minimum atomic E-state index is 0.446. The van der Waals surface area contributed by atoms with Crippen LogP contribution in [0.2, 0.25) is 0 Å². The van der Waals surface area contributed by atoms with Crippen LogP contribution >= 0.6 is 12.2 Å². The third-order valence-electron chi connectivity index (χ3n) is 3.42. The number of hydrogen-bond donors (Lipinski definition) is 1. The number of aryl methyl sites for hydroxylation is 1. The van der Waals surface area contributed by atoms with E-state index in [9.17, 15) is 0 Å². The van der Waals surface area contributed by atoms with Crippen LogP contribution in [0.25, 0.3) is 0 Å². The van der Waals surface area contributed by atoms with E-state index in [1.807, 2.05) is 12.1 Å². The van der Waals surface area contributed by atoms with Crippen molar-refractivity contribution in [2.45, 2.75) is 19.9 Å². The fourth-order valence-corrected chi connectivity index (χ4v) is 2.30. The average molecular weight is 284 g/mol. The Labute approximate surface area is 126 Å². The lowest BCUT2D eigenvalue weighted by Gasteiger charge is -2.20. The molecule has 0 amide bonds. The third-order valence-corrected chi connectivity index (χ3v) is 3.65. The van der Waals surface area contributed by atoms with Crippen LogP contribution in [0.5, 0.6) is 0 Å². The van der Waals surface area contributed by atoms with E-state index in [4.69, 9.17) is 18.0 Å². The van der Waals surface area contributed by atoms with Gasteiger partial charge in [0.1, 0.15) is 4.99 Å². The SMILES string of the molecule is CCc1ccc(N(C)Cc2cccc(C(N)=S)c2)cc1. The summed E-state index contributed by atoms with van der Waals surface area (Å²) in [6, 6.07) is 16.8. The molecule has 2 nitrogen and oxygen atoms in total. The molecule has 2 N–H and O–H groups in total. The van der Waals surface area contributed by atoms with Crippen LogP contribution < -0.4 is 10.6 Å². The average Bonchev–Trinajstić information content (AvgIpc) is 2.47. The molecule has 0 spiro atoms. The molecule has 0 fully saturated rings. The Hall–Kier alpha value is -1.87. The summed E-state index contributed by atoms with van der Waals surface area (Å²) in [6.45, 7) is 3.00. The van der Waals surface area contributed by atoms with Gasteiger partial charge in [-0.3, -0.25) is 0 Å². The Kier molecular flexibility index (Phi) is 4.74. The Morgan fingerprint density at radius 3 is 2.40 bits per heavy atom. The minimum Gasteiger partial charge on any atom is -0.389 e. The molecule has 0 aliphatic rings. The van der Waals surface area contributed by atoms with Crippen molar-refractivity contribution in [2.75, 3.05) is 11.9 Å². The Morgan fingerprint density at radius 1 is 1.10 bits per heavy atom. The predicted molar refractivity (Wildman–Crippen MR) is 90.3 cm³/mol. The van der Waals surface area contributed by atoms with E-state index in [0.29, 0.717) is 4.99 Å². The van der Waals surface area contributed by atoms with Gasteiger partial charge in [-0.05, 0) is 35.7 Å². The van der Waals surface area contributed by atoms with Gasteiger partial charge in [0.05, 0.1) is 0 Å². The molecule has 104 valence electrons. The summed E-state index contributed by atoms with van der Waals surface area (Å²) in [5, 5.41) is 0. The molecule has 2 aromatic rings. The molecule has 3 heteroatoms. The van der Waals surface area contributed by atoms with Crippen LogP contribution in [-0.2, 0) is 13.0 Å². The van der Waals surface area contributed by atoms with Gasteiger partial charge < -0.3 is 10.6 Å². The van der Waals surface area contributed by atoms with Crippen LogP contribution in [0.3, 0.4) is 0 Å². The van der Waals surface area contributed by atoms with Crippen molar-refractivity contribution < 1.29 is 0 Å². The Bertz CT molecular complexity index is 590. The summed E-state index contributed by atoms with van der Waals surface area (Å²) in [7, 11) is 2.09. The van der Waals surface area contributed by atoms with Gasteiger partial charge in [-0.2, -0.15) is 0 Å². The molecule has 0 bridgehead atoms. The van der Waals surface area contributed by atoms with Crippen molar-refractivity contribution in [1.29, 1.82) is 0 Å². The summed E-state index contributed by atoms with van der Waals surface area (Å²) in [6.07, 6.45) is 1.07. The zero-order chi connectivity index (χ0) is 14.5. The van der Waals surface area contributed by atoms with Gasteiger partial charge in [-0.1, -0.05) is 49.5 Å². The molecule has 0 aliphatic carbocycles. The second kappa shape index (κ2) is 6.53. The Morgan fingerprint density at radius 2 is 1.80 bits per heavy atom. The van der Waals surface area contributed by atoms with Gasteiger partial charge in [-0.25, -0.2) is 0 Å². The lowest BCUT2D eigenvalue weighted by Crippen LogP contribution is -2.17. The third kappa shape index (κ3) is 3.58. The molecule has 0 saturated heterocycles. The molecular formula is C17H20N2S. The lowest BCUT2D eigenvalue weighted by atomic mass is 10.1. The number of nitrogens with zero attached hydrogens (tertiary/aromatic N) is 1. The first-order valence-corrected chi connectivity index (χ1v) is 7.20. The maximum absolute atomic E-state index is 5.67. The first kappa shape index (κ1) is 14.5. The van der Waals surface area contributed by atoms with Crippen LogP contribution in [0.1, 0.15) is 23.6 Å². The van der Waals surface area contributed by atoms with Crippen molar-refractivity contribution in [3.63, 3.8) is 0 Å². The molecule has 0 unspecified atom stereocenters. The van der Waals surface area contributed by atoms with E-state index in [-0.39, 0.29) is 0 Å². The maximum Gasteiger partial charge on any atom is 0.103 e. The zero-order valence-electron chi connectivity index (χ0n) is 12.0. The highest BCUT2D eigenvalue weighted by atomic mass is 32.1. The van der Waals surface area contributed by atoms with Crippen molar-refractivity contribution >= 4 is 22.9 Å². The predicted octanol–water partition coefficient (Wildman–Crippen LogP) is 3.52. The molecule has 0 atom stereocenters. The summed E-state index contributed by atoms with van der Waals surface area (Å²) in [5.74, 6) is 0. The van der Waals surface area contributed by atoms with Crippen molar-refractivity contribution in [3.05, 3.63) is 65.2 Å². The van der Waals surface area contributed by atoms with Crippen molar-refractivity contribution in [3.8, 4) is 0 Å². The molecule has 0 saturated carbocycles. The quantitative estimate of drug-likeness (QED) is 0.852. The van der Waals surface area contributed by atoms with Gasteiger partial charge in [0, 0.05) is 24.8 Å². The van der Waals surface area contributed by atoms with Gasteiger partial charge in [-0.15, -0.1) is 0 Å². The first-order valence-electron chi connectivity index (χ1n) is 6.79. The summed E-state index contributed by atoms with van der Waals surface area (Å²) in [4.78, 5) is 2.67. The second-order valence-corrected chi connectivity index (χ2v) is 5.38. The van der Waals surface area contributed by atoms with Crippen LogP contribution in [0, 0.1) is 0 Å². The number of rotatable bonds is 5. The maximum atomic E-state index is 5.67. The van der Waals surface area contributed by atoms with E-state index in [0.717, 1.165) is 18.5 Å². The molecule has 2 rings (SSSR count). The van der Waals surface area contributed by atoms with Gasteiger partial charge in [0.15, 0.2) is 0 Å². The highest BCUT2D eigenvalue weighted by Crippen LogP contribution is 2.17. The highest BCUT2D eigenvalue weighted by molar-refractivity contribution is 7.80. The van der Waals surface area contributed by atoms with Crippen molar-refractivity contribution in [2.24, 2.45) is 5.73 Å². The summed E-state index contributed by atoms with van der Waals surface area (Å²) < 4.78 is 0. The van der Waals surface area contributed by atoms with Gasteiger partial charge in [0.2, 0.25) is 0 Å². The number of hydrogen-bond acceptors (Lipinski definition) is 2. The van der Waals surface area contributed by atoms with Gasteiger partial charge >= 0.3 is 0 Å². The van der Waals surface area contributed by atoms with Crippen LogP contribution in [0.15, 0.2) is 48.5 Å². The van der Waals surface area contributed by atoms with E-state index < -0.39 is 0 Å². The number of anilines is 1. The van der Waals surface area contributed by atoms with Crippen LogP contribution in [-0.4, -0.2) is 12.0 Å². The fourth-order valence-electron chi connectivity index (χ4n) is 2.17. The monoisotopic (exact) mass is 284 g/mol. The Balaban J connectivity index is 2.12. The molecule has 20 heavy (non-hydrogen) atoms.